The Balaban J connectivity index is 1.85. The summed E-state index contributed by atoms with van der Waals surface area (Å²) in [5.41, 5.74) is 3.65. The summed E-state index contributed by atoms with van der Waals surface area (Å²) in [5, 5.41) is 17.0. The summed E-state index contributed by atoms with van der Waals surface area (Å²) in [6.07, 6.45) is 5.43. The minimum atomic E-state index is -1.03. The molecule has 7 nitrogen and oxygen atoms in total. The van der Waals surface area contributed by atoms with Gasteiger partial charge in [-0.05, 0) is 63.3 Å². The van der Waals surface area contributed by atoms with Crippen molar-refractivity contribution in [2.75, 3.05) is 0 Å². The minimum absolute atomic E-state index is 0.145. The van der Waals surface area contributed by atoms with Crippen LogP contribution >= 0.6 is 11.3 Å². The van der Waals surface area contributed by atoms with Crippen molar-refractivity contribution in [1.29, 1.82) is 0 Å². The van der Waals surface area contributed by atoms with Gasteiger partial charge < -0.3 is 20.7 Å². The first-order chi connectivity index (χ1) is 15.2. The number of allylic oxidation sites excluding steroid dienone is 1. The number of amides is 2. The maximum absolute atomic E-state index is 12.9. The Labute approximate surface area is 192 Å². The van der Waals surface area contributed by atoms with Gasteiger partial charge in [-0.2, -0.15) is 0 Å². The van der Waals surface area contributed by atoms with Gasteiger partial charge in [0, 0.05) is 28.1 Å². The van der Waals surface area contributed by atoms with E-state index in [1.54, 1.807) is 0 Å². The predicted octanol–water partition coefficient (Wildman–Crippen LogP) is 4.67. The summed E-state index contributed by atoms with van der Waals surface area (Å²) < 4.78 is 0. The molecule has 4 N–H and O–H groups in total. The molecule has 0 radical (unpaired) electrons. The molecule has 0 saturated heterocycles. The molecule has 1 fully saturated rings. The lowest BCUT2D eigenvalue weighted by molar-refractivity contribution is 0.0950. The molecule has 0 aliphatic heterocycles. The summed E-state index contributed by atoms with van der Waals surface area (Å²) in [6.45, 7) is 7.64. The number of rotatable bonds is 6. The second-order valence-electron chi connectivity index (χ2n) is 8.50. The van der Waals surface area contributed by atoms with Crippen LogP contribution in [0.4, 0.5) is 4.79 Å². The number of aryl methyl sites for hydroxylation is 2. The summed E-state index contributed by atoms with van der Waals surface area (Å²) in [4.78, 5) is 40.5. The lowest BCUT2D eigenvalue weighted by Gasteiger charge is -2.39. The molecule has 0 unspecified atom stereocenters. The van der Waals surface area contributed by atoms with E-state index >= 15 is 0 Å². The maximum Gasteiger partial charge on any atom is 0.405 e. The van der Waals surface area contributed by atoms with E-state index in [0.29, 0.717) is 11.1 Å². The van der Waals surface area contributed by atoms with E-state index in [4.69, 9.17) is 0 Å². The molecule has 172 valence electrons. The number of thiophene rings is 1. The molecule has 0 aromatic carbocycles. The van der Waals surface area contributed by atoms with Crippen LogP contribution in [0.2, 0.25) is 0 Å². The molecule has 2 heterocycles. The smallest absolute Gasteiger partial charge is 0.405 e. The van der Waals surface area contributed by atoms with Crippen molar-refractivity contribution >= 4 is 28.9 Å². The molecule has 1 aliphatic rings. The Morgan fingerprint density at radius 1 is 1.22 bits per heavy atom. The van der Waals surface area contributed by atoms with Crippen LogP contribution in [0.3, 0.4) is 0 Å². The topological polar surface area (TPSA) is 111 Å². The Kier molecular flexibility index (Phi) is 7.23. The average Bonchev–Trinajstić information content (AvgIpc) is 3.09. The second-order valence-corrected chi connectivity index (χ2v) is 9.38. The third-order valence-electron chi connectivity index (χ3n) is 6.31. The van der Waals surface area contributed by atoms with E-state index < -0.39 is 11.6 Å². The molecule has 2 amide bonds. The van der Waals surface area contributed by atoms with Gasteiger partial charge in [0.25, 0.3) is 11.5 Å². The Hall–Kier alpha value is -2.87. The molecular formula is C24H31N3O4S. The van der Waals surface area contributed by atoms with Crippen LogP contribution in [0.15, 0.2) is 22.3 Å². The van der Waals surface area contributed by atoms with Crippen molar-refractivity contribution in [3.8, 4) is 0 Å². The molecule has 1 aliphatic carbocycles. The van der Waals surface area contributed by atoms with E-state index in [-0.39, 0.29) is 18.0 Å². The van der Waals surface area contributed by atoms with Gasteiger partial charge in [-0.3, -0.25) is 9.59 Å². The first kappa shape index (κ1) is 23.8. The van der Waals surface area contributed by atoms with Crippen molar-refractivity contribution in [1.82, 2.24) is 15.6 Å². The van der Waals surface area contributed by atoms with Crippen LogP contribution in [0, 0.1) is 20.8 Å². The number of carbonyl (C=O) groups excluding carboxylic acids is 1. The first-order valence-corrected chi connectivity index (χ1v) is 11.8. The van der Waals surface area contributed by atoms with Gasteiger partial charge in [0.2, 0.25) is 0 Å². The third kappa shape index (κ3) is 4.80. The summed E-state index contributed by atoms with van der Waals surface area (Å²) in [6, 6.07) is 1.88. The van der Waals surface area contributed by atoms with Crippen molar-refractivity contribution < 1.29 is 14.7 Å². The van der Waals surface area contributed by atoms with Crippen LogP contribution in [0.5, 0.6) is 0 Å². The zero-order valence-corrected chi connectivity index (χ0v) is 19.9. The fourth-order valence-electron chi connectivity index (χ4n) is 4.72. The lowest BCUT2D eigenvalue weighted by Crippen LogP contribution is -2.50. The van der Waals surface area contributed by atoms with Crippen LogP contribution < -0.4 is 16.2 Å². The van der Waals surface area contributed by atoms with E-state index in [2.05, 4.69) is 15.6 Å². The van der Waals surface area contributed by atoms with Gasteiger partial charge in [0.15, 0.2) is 0 Å². The lowest BCUT2D eigenvalue weighted by atomic mass is 9.75. The maximum atomic E-state index is 12.9. The number of aromatic amines is 1. The molecule has 0 spiro atoms. The number of pyridine rings is 1. The van der Waals surface area contributed by atoms with Gasteiger partial charge in [-0.15, -0.1) is 11.3 Å². The van der Waals surface area contributed by atoms with E-state index in [1.807, 2.05) is 45.2 Å². The third-order valence-corrected chi connectivity index (χ3v) is 7.42. The summed E-state index contributed by atoms with van der Waals surface area (Å²) >= 11 is 1.46. The summed E-state index contributed by atoms with van der Waals surface area (Å²) in [7, 11) is 0. The van der Waals surface area contributed by atoms with Gasteiger partial charge in [0.05, 0.1) is 11.1 Å². The van der Waals surface area contributed by atoms with Crippen LogP contribution in [0.25, 0.3) is 5.57 Å². The largest absolute Gasteiger partial charge is 0.465 e. The summed E-state index contributed by atoms with van der Waals surface area (Å²) in [5.74, 6) is -0.247. The highest BCUT2D eigenvalue weighted by Crippen LogP contribution is 2.43. The number of aromatic nitrogens is 1. The van der Waals surface area contributed by atoms with E-state index in [1.165, 1.54) is 11.3 Å². The quantitative estimate of drug-likeness (QED) is 0.505. The standard InChI is InChI=1S/C24H31N3O4S/c1-5-19(24(27-23(30)31)9-7-6-8-10-24)20-16(4)18(13-32-20)21(28)25-12-17-14(2)11-15(3)26-22(17)29/h5,11,13,27H,6-10,12H2,1-4H3,(H,25,28)(H,26,29)(H,30,31)/b19-5-. The second kappa shape index (κ2) is 9.73. The Morgan fingerprint density at radius 3 is 2.50 bits per heavy atom. The van der Waals surface area contributed by atoms with E-state index in [0.717, 1.165) is 59.4 Å². The number of H-pyrrole nitrogens is 1. The van der Waals surface area contributed by atoms with Crippen LogP contribution in [0.1, 0.15) is 76.6 Å². The van der Waals surface area contributed by atoms with Gasteiger partial charge in [0.1, 0.15) is 0 Å². The molecule has 32 heavy (non-hydrogen) atoms. The number of carboxylic acid groups (broad SMARTS) is 1. The van der Waals surface area contributed by atoms with E-state index in [9.17, 15) is 19.5 Å². The van der Waals surface area contributed by atoms with Gasteiger partial charge in [-0.25, -0.2) is 4.79 Å². The van der Waals surface area contributed by atoms with Gasteiger partial charge in [-0.1, -0.05) is 25.3 Å². The first-order valence-electron chi connectivity index (χ1n) is 10.9. The molecule has 2 aromatic heterocycles. The highest BCUT2D eigenvalue weighted by Gasteiger charge is 2.39. The van der Waals surface area contributed by atoms with Gasteiger partial charge >= 0.3 is 6.09 Å². The zero-order chi connectivity index (χ0) is 23.5. The molecule has 2 aromatic rings. The SMILES string of the molecule is C/C=C(/c1scc(C(=O)NCc2c(C)cc(C)[nH]c2=O)c1C)C1(NC(=O)O)CCCCC1. The monoisotopic (exact) mass is 457 g/mol. The average molecular weight is 458 g/mol. The van der Waals surface area contributed by atoms with Crippen molar-refractivity contribution in [2.45, 2.75) is 71.9 Å². The normalized spacial score (nSPS) is 15.9. The minimum Gasteiger partial charge on any atom is -0.465 e. The molecule has 1 saturated carbocycles. The van der Waals surface area contributed by atoms with Crippen LogP contribution in [-0.4, -0.2) is 27.6 Å². The Bertz CT molecular complexity index is 1110. The molecule has 0 atom stereocenters. The fourth-order valence-corrected chi connectivity index (χ4v) is 5.96. The molecule has 8 heteroatoms. The predicted molar refractivity (Wildman–Crippen MR) is 127 cm³/mol. The number of nitrogens with one attached hydrogen (secondary N) is 3. The Morgan fingerprint density at radius 2 is 1.91 bits per heavy atom. The molecule has 0 bridgehead atoms. The highest BCUT2D eigenvalue weighted by molar-refractivity contribution is 7.11. The fraction of sp³-hybridized carbons (Fsp3) is 0.458. The number of carbonyl (C=O) groups is 2. The van der Waals surface area contributed by atoms with Crippen molar-refractivity contribution in [3.63, 3.8) is 0 Å². The number of hydrogen-bond acceptors (Lipinski definition) is 4. The van der Waals surface area contributed by atoms with Crippen LogP contribution in [-0.2, 0) is 6.54 Å². The molecule has 3 rings (SSSR count). The van der Waals surface area contributed by atoms with Crippen molar-refractivity contribution in [3.05, 3.63) is 60.7 Å². The van der Waals surface area contributed by atoms with Crippen molar-refractivity contribution in [2.24, 2.45) is 0 Å². The highest BCUT2D eigenvalue weighted by atomic mass is 32.1. The number of hydrogen-bond donors (Lipinski definition) is 4. The molecular weight excluding hydrogens is 426 g/mol. The zero-order valence-electron chi connectivity index (χ0n) is 19.1.